The minimum atomic E-state index is -3.64. The molecule has 2 rings (SSSR count). The van der Waals surface area contributed by atoms with Crippen molar-refractivity contribution in [3.8, 4) is 0 Å². The van der Waals surface area contributed by atoms with E-state index in [2.05, 4.69) is 4.72 Å². The predicted octanol–water partition coefficient (Wildman–Crippen LogP) is 3.35. The fourth-order valence-corrected chi connectivity index (χ4v) is 3.44. The van der Waals surface area contributed by atoms with Gasteiger partial charge in [0.25, 0.3) is 0 Å². The molecule has 0 unspecified atom stereocenters. The van der Waals surface area contributed by atoms with Gasteiger partial charge >= 0.3 is 0 Å². The van der Waals surface area contributed by atoms with Crippen LogP contribution in [0.15, 0.2) is 53.4 Å². The second-order valence-corrected chi connectivity index (χ2v) is 7.23. The molecule has 2 aromatic carbocycles. The van der Waals surface area contributed by atoms with Crippen LogP contribution in [0.3, 0.4) is 0 Å². The zero-order chi connectivity index (χ0) is 15.7. The van der Waals surface area contributed by atoms with Crippen LogP contribution in [0.5, 0.6) is 0 Å². The third-order valence-electron chi connectivity index (χ3n) is 3.29. The summed E-state index contributed by atoms with van der Waals surface area (Å²) in [5, 5.41) is 0. The first-order chi connectivity index (χ1) is 9.71. The van der Waals surface area contributed by atoms with Crippen LogP contribution in [0.1, 0.15) is 25.0 Å². The smallest absolute Gasteiger partial charge is 0.207 e. The van der Waals surface area contributed by atoms with Crippen molar-refractivity contribution in [3.63, 3.8) is 0 Å². The van der Waals surface area contributed by atoms with Gasteiger partial charge in [0.2, 0.25) is 10.0 Å². The summed E-state index contributed by atoms with van der Waals surface area (Å²) in [4.78, 5) is 0.211. The first-order valence-corrected chi connectivity index (χ1v) is 8.06. The van der Waals surface area contributed by atoms with Crippen LogP contribution in [0, 0.1) is 12.7 Å². The Morgan fingerprint density at radius 2 is 1.48 bits per heavy atom. The first kappa shape index (κ1) is 15.7. The van der Waals surface area contributed by atoms with Gasteiger partial charge in [0.1, 0.15) is 5.82 Å². The summed E-state index contributed by atoms with van der Waals surface area (Å²) in [6.45, 7) is 5.38. The van der Waals surface area contributed by atoms with E-state index < -0.39 is 15.6 Å². The van der Waals surface area contributed by atoms with Crippen LogP contribution in [0.4, 0.5) is 4.39 Å². The summed E-state index contributed by atoms with van der Waals surface area (Å²) in [6.07, 6.45) is 0. The third-order valence-corrected chi connectivity index (χ3v) is 4.96. The Labute approximate surface area is 124 Å². The molecule has 5 heteroatoms. The number of aryl methyl sites for hydroxylation is 1. The topological polar surface area (TPSA) is 46.2 Å². The van der Waals surface area contributed by atoms with Gasteiger partial charge in [0, 0.05) is 0 Å². The molecule has 0 bridgehead atoms. The van der Waals surface area contributed by atoms with Gasteiger partial charge in [-0.2, -0.15) is 0 Å². The number of benzene rings is 2. The van der Waals surface area contributed by atoms with E-state index in [1.165, 1.54) is 12.1 Å². The maximum Gasteiger partial charge on any atom is 0.241 e. The first-order valence-electron chi connectivity index (χ1n) is 6.57. The normalized spacial score (nSPS) is 12.4. The standard InChI is InChI=1S/C16H18FNO2S/c1-12-4-10-15(11-5-12)21(19,20)18-16(2,3)13-6-8-14(17)9-7-13/h4-11,18H,1-3H3. The van der Waals surface area contributed by atoms with Gasteiger partial charge in [-0.25, -0.2) is 17.5 Å². The molecule has 2 aromatic rings. The van der Waals surface area contributed by atoms with Gasteiger partial charge in [-0.1, -0.05) is 29.8 Å². The molecule has 0 aliphatic heterocycles. The Morgan fingerprint density at radius 3 is 2.00 bits per heavy atom. The van der Waals surface area contributed by atoms with Gasteiger partial charge in [-0.3, -0.25) is 0 Å². The van der Waals surface area contributed by atoms with Gasteiger partial charge in [-0.05, 0) is 50.6 Å². The van der Waals surface area contributed by atoms with E-state index in [1.54, 1.807) is 50.2 Å². The molecule has 0 aliphatic rings. The molecule has 112 valence electrons. The van der Waals surface area contributed by atoms with E-state index in [9.17, 15) is 12.8 Å². The lowest BCUT2D eigenvalue weighted by atomic mass is 9.96. The molecule has 0 heterocycles. The Bertz CT molecular complexity index is 720. The maximum atomic E-state index is 13.0. The highest BCUT2D eigenvalue weighted by atomic mass is 32.2. The van der Waals surface area contributed by atoms with Crippen molar-refractivity contribution in [2.45, 2.75) is 31.2 Å². The van der Waals surface area contributed by atoms with E-state index in [-0.39, 0.29) is 10.7 Å². The largest absolute Gasteiger partial charge is 0.241 e. The number of nitrogens with one attached hydrogen (secondary N) is 1. The van der Waals surface area contributed by atoms with Crippen molar-refractivity contribution >= 4 is 10.0 Å². The molecule has 0 amide bonds. The molecule has 0 saturated heterocycles. The fourth-order valence-electron chi connectivity index (χ4n) is 2.04. The summed E-state index contributed by atoms with van der Waals surface area (Å²) < 4.78 is 40.5. The van der Waals surface area contributed by atoms with Crippen LogP contribution in [-0.2, 0) is 15.6 Å². The molecule has 0 radical (unpaired) electrons. The number of sulfonamides is 1. The minimum Gasteiger partial charge on any atom is -0.207 e. The monoisotopic (exact) mass is 307 g/mol. The van der Waals surface area contributed by atoms with Gasteiger partial charge in [0.05, 0.1) is 10.4 Å². The Balaban J connectivity index is 2.30. The number of rotatable bonds is 4. The van der Waals surface area contributed by atoms with E-state index in [0.29, 0.717) is 5.56 Å². The molecule has 1 N–H and O–H groups in total. The quantitative estimate of drug-likeness (QED) is 0.941. The highest BCUT2D eigenvalue weighted by molar-refractivity contribution is 7.89. The van der Waals surface area contributed by atoms with Crippen LogP contribution < -0.4 is 4.72 Å². The fraction of sp³-hybridized carbons (Fsp3) is 0.250. The van der Waals surface area contributed by atoms with E-state index in [1.807, 2.05) is 6.92 Å². The summed E-state index contributed by atoms with van der Waals surface area (Å²) in [5.41, 5.74) is 0.851. The number of hydrogen-bond acceptors (Lipinski definition) is 2. The lowest BCUT2D eigenvalue weighted by Gasteiger charge is -2.26. The summed E-state index contributed by atoms with van der Waals surface area (Å²) in [7, 11) is -3.64. The van der Waals surface area contributed by atoms with Crippen molar-refractivity contribution in [2.24, 2.45) is 0 Å². The van der Waals surface area contributed by atoms with Crippen molar-refractivity contribution in [2.75, 3.05) is 0 Å². The summed E-state index contributed by atoms with van der Waals surface area (Å²) >= 11 is 0. The summed E-state index contributed by atoms with van der Waals surface area (Å²) in [6, 6.07) is 12.4. The average molecular weight is 307 g/mol. The molecule has 0 spiro atoms. The average Bonchev–Trinajstić information content (AvgIpc) is 2.38. The Hall–Kier alpha value is -1.72. The van der Waals surface area contributed by atoms with Crippen molar-refractivity contribution in [1.82, 2.24) is 4.72 Å². The second kappa shape index (κ2) is 5.58. The molecule has 3 nitrogen and oxygen atoms in total. The van der Waals surface area contributed by atoms with Gasteiger partial charge < -0.3 is 0 Å². The lowest BCUT2D eigenvalue weighted by Crippen LogP contribution is -2.40. The second-order valence-electron chi connectivity index (χ2n) is 5.55. The SMILES string of the molecule is Cc1ccc(S(=O)(=O)NC(C)(C)c2ccc(F)cc2)cc1. The molecule has 0 atom stereocenters. The van der Waals surface area contributed by atoms with Crippen LogP contribution in [0.25, 0.3) is 0 Å². The van der Waals surface area contributed by atoms with Gasteiger partial charge in [-0.15, -0.1) is 0 Å². The third kappa shape index (κ3) is 3.68. The Kier molecular flexibility index (Phi) is 4.16. The van der Waals surface area contributed by atoms with Crippen molar-refractivity contribution in [3.05, 3.63) is 65.5 Å². The highest BCUT2D eigenvalue weighted by Crippen LogP contribution is 2.23. The minimum absolute atomic E-state index is 0.211. The van der Waals surface area contributed by atoms with Crippen LogP contribution in [0.2, 0.25) is 0 Å². The predicted molar refractivity (Wildman–Crippen MR) is 80.9 cm³/mol. The molecule has 0 aliphatic carbocycles. The number of halogens is 1. The zero-order valence-corrected chi connectivity index (χ0v) is 13.0. The zero-order valence-electron chi connectivity index (χ0n) is 12.2. The van der Waals surface area contributed by atoms with Gasteiger partial charge in [0.15, 0.2) is 0 Å². The maximum absolute atomic E-state index is 13.0. The van der Waals surface area contributed by atoms with Crippen molar-refractivity contribution < 1.29 is 12.8 Å². The number of hydrogen-bond donors (Lipinski definition) is 1. The molecule has 0 saturated carbocycles. The highest BCUT2D eigenvalue weighted by Gasteiger charge is 2.27. The molecule has 0 fully saturated rings. The van der Waals surface area contributed by atoms with Crippen molar-refractivity contribution in [1.29, 1.82) is 0 Å². The Morgan fingerprint density at radius 1 is 0.952 bits per heavy atom. The van der Waals surface area contributed by atoms with Crippen LogP contribution >= 0.6 is 0 Å². The molecule has 0 aromatic heterocycles. The summed E-state index contributed by atoms with van der Waals surface area (Å²) in [5.74, 6) is -0.351. The van der Waals surface area contributed by atoms with Crippen LogP contribution in [-0.4, -0.2) is 8.42 Å². The van der Waals surface area contributed by atoms with E-state index >= 15 is 0 Å². The molecule has 21 heavy (non-hydrogen) atoms. The van der Waals surface area contributed by atoms with E-state index in [4.69, 9.17) is 0 Å². The lowest BCUT2D eigenvalue weighted by molar-refractivity contribution is 0.471. The van der Waals surface area contributed by atoms with E-state index in [0.717, 1.165) is 5.56 Å². The molecular formula is C16H18FNO2S. The molecular weight excluding hydrogens is 289 g/mol.